The number of benzene rings is 1. The summed E-state index contributed by atoms with van der Waals surface area (Å²) in [6.07, 6.45) is 2.31. The molecule has 17 heavy (non-hydrogen) atoms. The van der Waals surface area contributed by atoms with E-state index in [9.17, 15) is 8.78 Å². The van der Waals surface area contributed by atoms with Crippen molar-refractivity contribution in [2.75, 3.05) is 20.1 Å². The Morgan fingerprint density at radius 3 is 2.65 bits per heavy atom. The molecular weight excluding hydrogens is 222 g/mol. The van der Waals surface area contributed by atoms with Crippen molar-refractivity contribution >= 4 is 0 Å². The Hall–Kier alpha value is -1.00. The lowest BCUT2D eigenvalue weighted by Crippen LogP contribution is -2.36. The summed E-state index contributed by atoms with van der Waals surface area (Å²) >= 11 is 0. The van der Waals surface area contributed by atoms with Crippen molar-refractivity contribution in [1.29, 1.82) is 0 Å². The van der Waals surface area contributed by atoms with E-state index in [0.717, 1.165) is 32.0 Å². The Balaban J connectivity index is 2.04. The third-order valence-corrected chi connectivity index (χ3v) is 3.25. The second-order valence-corrected chi connectivity index (χ2v) is 4.60. The van der Waals surface area contributed by atoms with E-state index in [1.54, 1.807) is 0 Å². The molecule has 0 aromatic heterocycles. The number of likely N-dealkylation sites (tertiary alicyclic amines) is 1. The molecule has 0 spiro atoms. The van der Waals surface area contributed by atoms with E-state index in [-0.39, 0.29) is 0 Å². The summed E-state index contributed by atoms with van der Waals surface area (Å²) in [5.74, 6) is -0.992. The molecule has 1 heterocycles. The minimum Gasteiger partial charge on any atom is -0.318 e. The lowest BCUT2D eigenvalue weighted by Gasteiger charge is -2.24. The standard InChI is InChI=1S/C13H18F2N2/c1-16-8-13-3-2-4-17(13)9-10-5-11(14)7-12(15)6-10/h5-7,13,16H,2-4,8-9H2,1H3. The van der Waals surface area contributed by atoms with Crippen LogP contribution in [0.4, 0.5) is 8.78 Å². The normalized spacial score (nSPS) is 21.0. The fraction of sp³-hybridized carbons (Fsp3) is 0.538. The molecule has 1 unspecified atom stereocenters. The third-order valence-electron chi connectivity index (χ3n) is 3.25. The van der Waals surface area contributed by atoms with Crippen molar-refractivity contribution in [1.82, 2.24) is 10.2 Å². The number of hydrogen-bond acceptors (Lipinski definition) is 2. The maximum atomic E-state index is 13.1. The lowest BCUT2D eigenvalue weighted by atomic mass is 10.1. The number of halogens is 2. The van der Waals surface area contributed by atoms with Gasteiger partial charge in [-0.2, -0.15) is 0 Å². The van der Waals surface area contributed by atoms with Crippen LogP contribution in [0.5, 0.6) is 0 Å². The molecule has 1 fully saturated rings. The molecule has 1 saturated heterocycles. The van der Waals surface area contributed by atoms with Gasteiger partial charge in [-0.3, -0.25) is 4.90 Å². The SMILES string of the molecule is CNCC1CCCN1Cc1cc(F)cc(F)c1. The largest absolute Gasteiger partial charge is 0.318 e. The fourth-order valence-corrected chi connectivity index (χ4v) is 2.51. The Morgan fingerprint density at radius 1 is 1.29 bits per heavy atom. The molecule has 94 valence electrons. The average Bonchev–Trinajstić information content (AvgIpc) is 2.65. The molecule has 0 radical (unpaired) electrons. The molecule has 0 saturated carbocycles. The summed E-state index contributed by atoms with van der Waals surface area (Å²) < 4.78 is 26.2. The van der Waals surface area contributed by atoms with Crippen LogP contribution >= 0.6 is 0 Å². The van der Waals surface area contributed by atoms with Gasteiger partial charge in [0.25, 0.3) is 0 Å². The van der Waals surface area contributed by atoms with Gasteiger partial charge >= 0.3 is 0 Å². The van der Waals surface area contributed by atoms with Crippen LogP contribution in [0.25, 0.3) is 0 Å². The predicted octanol–water partition coefficient (Wildman–Crippen LogP) is 2.15. The third kappa shape index (κ3) is 3.23. The van der Waals surface area contributed by atoms with Crippen LogP contribution in [0.2, 0.25) is 0 Å². The summed E-state index contributed by atoms with van der Waals surface area (Å²) in [7, 11) is 1.93. The number of hydrogen-bond donors (Lipinski definition) is 1. The van der Waals surface area contributed by atoms with Crippen molar-refractivity contribution in [2.45, 2.75) is 25.4 Å². The monoisotopic (exact) mass is 240 g/mol. The Labute approximate surface area is 101 Å². The summed E-state index contributed by atoms with van der Waals surface area (Å²) in [5.41, 5.74) is 0.713. The van der Waals surface area contributed by atoms with Gasteiger partial charge in [-0.25, -0.2) is 8.78 Å². The van der Waals surface area contributed by atoms with Crippen LogP contribution in [0.15, 0.2) is 18.2 Å². The van der Waals surface area contributed by atoms with Crippen LogP contribution in [0.1, 0.15) is 18.4 Å². The minimum absolute atomic E-state index is 0.478. The average molecular weight is 240 g/mol. The first-order valence-electron chi connectivity index (χ1n) is 6.02. The first-order valence-corrected chi connectivity index (χ1v) is 6.02. The molecule has 0 amide bonds. The molecule has 1 atom stereocenters. The predicted molar refractivity (Wildman–Crippen MR) is 63.7 cm³/mol. The van der Waals surface area contributed by atoms with Gasteiger partial charge in [-0.05, 0) is 44.1 Å². The van der Waals surface area contributed by atoms with Gasteiger partial charge in [-0.15, -0.1) is 0 Å². The maximum Gasteiger partial charge on any atom is 0.126 e. The summed E-state index contributed by atoms with van der Waals surface area (Å²) in [4.78, 5) is 2.28. The number of nitrogens with zero attached hydrogens (tertiary/aromatic N) is 1. The highest BCUT2D eigenvalue weighted by Crippen LogP contribution is 2.20. The van der Waals surface area contributed by atoms with E-state index in [1.165, 1.54) is 12.1 Å². The van der Waals surface area contributed by atoms with Crippen molar-refractivity contribution in [2.24, 2.45) is 0 Å². The summed E-state index contributed by atoms with van der Waals surface area (Å²) in [6, 6.07) is 4.22. The number of likely N-dealkylation sites (N-methyl/N-ethyl adjacent to an activating group) is 1. The smallest absolute Gasteiger partial charge is 0.126 e. The van der Waals surface area contributed by atoms with Gasteiger partial charge in [-0.1, -0.05) is 0 Å². The van der Waals surface area contributed by atoms with E-state index >= 15 is 0 Å². The van der Waals surface area contributed by atoms with Crippen LogP contribution < -0.4 is 5.32 Å². The molecule has 1 N–H and O–H groups in total. The quantitative estimate of drug-likeness (QED) is 0.867. The zero-order valence-corrected chi connectivity index (χ0v) is 10.0. The summed E-state index contributed by atoms with van der Waals surface area (Å²) in [5, 5.41) is 3.16. The van der Waals surface area contributed by atoms with Crippen molar-refractivity contribution < 1.29 is 8.78 Å². The van der Waals surface area contributed by atoms with E-state index in [1.807, 2.05) is 7.05 Å². The summed E-state index contributed by atoms with van der Waals surface area (Å²) in [6.45, 7) is 2.56. The van der Waals surface area contributed by atoms with Gasteiger partial charge in [0.05, 0.1) is 0 Å². The van der Waals surface area contributed by atoms with Crippen molar-refractivity contribution in [3.8, 4) is 0 Å². The molecular formula is C13H18F2N2. The van der Waals surface area contributed by atoms with Gasteiger partial charge < -0.3 is 5.32 Å². The first-order chi connectivity index (χ1) is 8.19. The Bertz CT molecular complexity index is 361. The van der Waals surface area contributed by atoms with Crippen molar-refractivity contribution in [3.63, 3.8) is 0 Å². The highest BCUT2D eigenvalue weighted by Gasteiger charge is 2.23. The first kappa shape index (κ1) is 12.5. The van der Waals surface area contributed by atoms with Gasteiger partial charge in [0.2, 0.25) is 0 Å². The van der Waals surface area contributed by atoms with Crippen LogP contribution in [-0.2, 0) is 6.54 Å². The van der Waals surface area contributed by atoms with E-state index < -0.39 is 11.6 Å². The van der Waals surface area contributed by atoms with Crippen LogP contribution in [0.3, 0.4) is 0 Å². The number of nitrogens with one attached hydrogen (secondary N) is 1. The molecule has 1 aliphatic heterocycles. The van der Waals surface area contributed by atoms with E-state index in [2.05, 4.69) is 10.2 Å². The maximum absolute atomic E-state index is 13.1. The Morgan fingerprint density at radius 2 is 2.00 bits per heavy atom. The second kappa shape index (κ2) is 5.56. The molecule has 1 aromatic rings. The highest BCUT2D eigenvalue weighted by molar-refractivity contribution is 5.18. The molecule has 2 rings (SSSR count). The minimum atomic E-state index is -0.496. The molecule has 1 aromatic carbocycles. The molecule has 0 bridgehead atoms. The fourth-order valence-electron chi connectivity index (χ4n) is 2.51. The lowest BCUT2D eigenvalue weighted by molar-refractivity contribution is 0.241. The van der Waals surface area contributed by atoms with Crippen LogP contribution in [-0.4, -0.2) is 31.1 Å². The topological polar surface area (TPSA) is 15.3 Å². The second-order valence-electron chi connectivity index (χ2n) is 4.60. The number of rotatable bonds is 4. The molecule has 1 aliphatic rings. The zero-order valence-electron chi connectivity index (χ0n) is 10.0. The van der Waals surface area contributed by atoms with E-state index in [4.69, 9.17) is 0 Å². The van der Waals surface area contributed by atoms with E-state index in [0.29, 0.717) is 18.2 Å². The molecule has 2 nitrogen and oxygen atoms in total. The van der Waals surface area contributed by atoms with Crippen molar-refractivity contribution in [3.05, 3.63) is 35.4 Å². The van der Waals surface area contributed by atoms with Gasteiger partial charge in [0.15, 0.2) is 0 Å². The highest BCUT2D eigenvalue weighted by atomic mass is 19.1. The zero-order chi connectivity index (χ0) is 12.3. The van der Waals surface area contributed by atoms with Crippen LogP contribution in [0, 0.1) is 11.6 Å². The molecule has 4 heteroatoms. The van der Waals surface area contributed by atoms with Gasteiger partial charge in [0, 0.05) is 25.2 Å². The van der Waals surface area contributed by atoms with Gasteiger partial charge in [0.1, 0.15) is 11.6 Å². The Kier molecular flexibility index (Phi) is 4.07. The molecule has 0 aliphatic carbocycles.